The predicted octanol–water partition coefficient (Wildman–Crippen LogP) is 4.24. The summed E-state index contributed by atoms with van der Waals surface area (Å²) in [5.41, 5.74) is 8.03. The number of rotatable bonds is 3. The number of nitrogen functional groups attached to an aromatic ring is 1. The molecule has 0 aliphatic heterocycles. The number of benzene rings is 2. The van der Waals surface area contributed by atoms with Crippen LogP contribution in [0.1, 0.15) is 0 Å². The maximum atomic E-state index is 6.10. The van der Waals surface area contributed by atoms with Crippen LogP contribution in [0.3, 0.4) is 0 Å². The first-order valence-electron chi connectivity index (χ1n) is 5.96. The number of hydrogen-bond donors (Lipinski definition) is 2. The Balaban J connectivity index is 2.02. The van der Waals surface area contributed by atoms with Crippen molar-refractivity contribution < 1.29 is 4.74 Å². The van der Waals surface area contributed by atoms with Crippen LogP contribution in [-0.2, 0) is 0 Å². The van der Waals surface area contributed by atoms with Crippen molar-refractivity contribution in [2.45, 2.75) is 0 Å². The third-order valence-electron chi connectivity index (χ3n) is 2.96. The lowest BCUT2D eigenvalue weighted by Gasteiger charge is -2.08. The highest BCUT2D eigenvalue weighted by Gasteiger charge is 2.09. The summed E-state index contributed by atoms with van der Waals surface area (Å²) in [6.07, 6.45) is 0. The summed E-state index contributed by atoms with van der Waals surface area (Å²) in [6, 6.07) is 16.0. The van der Waals surface area contributed by atoms with Gasteiger partial charge in [-0.15, -0.1) is 11.3 Å². The van der Waals surface area contributed by atoms with Crippen molar-refractivity contribution in [3.8, 4) is 5.75 Å². The van der Waals surface area contributed by atoms with Crippen LogP contribution in [-0.4, -0.2) is 7.11 Å². The van der Waals surface area contributed by atoms with E-state index in [-0.39, 0.29) is 0 Å². The first-order valence-corrected chi connectivity index (χ1v) is 6.77. The van der Waals surface area contributed by atoms with E-state index in [9.17, 15) is 0 Å². The molecule has 0 saturated carbocycles. The summed E-state index contributed by atoms with van der Waals surface area (Å²) < 4.78 is 6.41. The number of nitrogens with one attached hydrogen (secondary N) is 1. The molecular formula is C15H14N2OS. The maximum Gasteiger partial charge on any atom is 0.120 e. The number of anilines is 3. The number of fused-ring (bicyclic) bond motifs is 1. The van der Waals surface area contributed by atoms with Gasteiger partial charge in [0.15, 0.2) is 0 Å². The van der Waals surface area contributed by atoms with Gasteiger partial charge < -0.3 is 15.8 Å². The Morgan fingerprint density at radius 1 is 1.11 bits per heavy atom. The van der Waals surface area contributed by atoms with E-state index in [2.05, 4.69) is 17.4 Å². The Kier molecular flexibility index (Phi) is 3.01. The zero-order valence-corrected chi connectivity index (χ0v) is 11.3. The Bertz CT molecular complexity index is 721. The van der Waals surface area contributed by atoms with E-state index < -0.39 is 0 Å². The van der Waals surface area contributed by atoms with Crippen molar-refractivity contribution in [2.75, 3.05) is 18.2 Å². The molecule has 0 aliphatic rings. The molecule has 0 atom stereocenters. The first kappa shape index (κ1) is 11.9. The number of methoxy groups -OCH3 is 1. The summed E-state index contributed by atoms with van der Waals surface area (Å²) >= 11 is 1.59. The van der Waals surface area contributed by atoms with Crippen LogP contribution in [0.5, 0.6) is 5.75 Å². The lowest BCUT2D eigenvalue weighted by Crippen LogP contribution is -1.93. The Hall–Kier alpha value is -2.20. The van der Waals surface area contributed by atoms with E-state index in [0.717, 1.165) is 27.5 Å². The SMILES string of the molecule is COc1cccc(Nc2c(N)sc3ccccc23)c1. The molecule has 0 aliphatic carbocycles. The highest BCUT2D eigenvalue weighted by atomic mass is 32.1. The van der Waals surface area contributed by atoms with E-state index in [0.29, 0.717) is 0 Å². The largest absolute Gasteiger partial charge is 0.497 e. The number of hydrogen-bond acceptors (Lipinski definition) is 4. The third-order valence-corrected chi connectivity index (χ3v) is 3.96. The van der Waals surface area contributed by atoms with Crippen LogP contribution < -0.4 is 15.8 Å². The maximum absolute atomic E-state index is 6.10. The van der Waals surface area contributed by atoms with E-state index in [1.165, 1.54) is 4.70 Å². The van der Waals surface area contributed by atoms with E-state index in [1.54, 1.807) is 18.4 Å². The van der Waals surface area contributed by atoms with Crippen molar-refractivity contribution in [1.29, 1.82) is 0 Å². The number of nitrogens with two attached hydrogens (primary N) is 1. The lowest BCUT2D eigenvalue weighted by molar-refractivity contribution is 0.415. The van der Waals surface area contributed by atoms with Gasteiger partial charge in [0.05, 0.1) is 12.8 Å². The normalized spacial score (nSPS) is 10.6. The van der Waals surface area contributed by atoms with E-state index >= 15 is 0 Å². The molecule has 0 radical (unpaired) electrons. The van der Waals surface area contributed by atoms with Crippen molar-refractivity contribution >= 4 is 37.8 Å². The van der Waals surface area contributed by atoms with Crippen LogP contribution in [0.25, 0.3) is 10.1 Å². The Labute approximate surface area is 115 Å². The number of ether oxygens (including phenoxy) is 1. The lowest BCUT2D eigenvalue weighted by atomic mass is 10.2. The number of thiophene rings is 1. The predicted molar refractivity (Wildman–Crippen MR) is 82.5 cm³/mol. The first-order chi connectivity index (χ1) is 9.28. The van der Waals surface area contributed by atoms with Gasteiger partial charge in [-0.05, 0) is 18.2 Å². The molecule has 0 fully saturated rings. The van der Waals surface area contributed by atoms with Gasteiger partial charge in [0.25, 0.3) is 0 Å². The summed E-state index contributed by atoms with van der Waals surface area (Å²) in [5, 5.41) is 5.32. The van der Waals surface area contributed by atoms with Gasteiger partial charge in [-0.3, -0.25) is 0 Å². The second kappa shape index (κ2) is 4.82. The van der Waals surface area contributed by atoms with Gasteiger partial charge in [-0.2, -0.15) is 0 Å². The van der Waals surface area contributed by atoms with E-state index in [4.69, 9.17) is 10.5 Å². The van der Waals surface area contributed by atoms with Gasteiger partial charge >= 0.3 is 0 Å². The second-order valence-corrected chi connectivity index (χ2v) is 5.28. The summed E-state index contributed by atoms with van der Waals surface area (Å²) in [6.45, 7) is 0. The molecule has 0 saturated heterocycles. The van der Waals surface area contributed by atoms with Crippen LogP contribution >= 0.6 is 11.3 Å². The molecule has 3 rings (SSSR count). The van der Waals surface area contributed by atoms with Crippen molar-refractivity contribution in [3.05, 3.63) is 48.5 Å². The molecule has 0 unspecified atom stereocenters. The van der Waals surface area contributed by atoms with Crippen LogP contribution in [0.15, 0.2) is 48.5 Å². The molecule has 2 aromatic carbocycles. The summed E-state index contributed by atoms with van der Waals surface area (Å²) in [5.74, 6) is 0.822. The van der Waals surface area contributed by atoms with Crippen molar-refractivity contribution in [3.63, 3.8) is 0 Å². The molecule has 96 valence electrons. The molecule has 0 amide bonds. The average Bonchev–Trinajstić information content (AvgIpc) is 2.76. The molecule has 0 bridgehead atoms. The molecule has 19 heavy (non-hydrogen) atoms. The molecular weight excluding hydrogens is 256 g/mol. The molecule has 3 N–H and O–H groups in total. The molecule has 3 nitrogen and oxygen atoms in total. The van der Waals surface area contributed by atoms with Gasteiger partial charge in [0.1, 0.15) is 10.8 Å². The quantitative estimate of drug-likeness (QED) is 0.748. The zero-order valence-electron chi connectivity index (χ0n) is 10.5. The monoisotopic (exact) mass is 270 g/mol. The minimum Gasteiger partial charge on any atom is -0.497 e. The fourth-order valence-electron chi connectivity index (χ4n) is 2.04. The van der Waals surface area contributed by atoms with Gasteiger partial charge in [-0.25, -0.2) is 0 Å². The molecule has 1 aromatic heterocycles. The average molecular weight is 270 g/mol. The third kappa shape index (κ3) is 2.22. The molecule has 4 heteroatoms. The second-order valence-electron chi connectivity index (χ2n) is 4.19. The standard InChI is InChI=1S/C15H14N2OS/c1-18-11-6-4-5-10(9-11)17-14-12-7-2-3-8-13(12)19-15(14)16/h2-9,17H,16H2,1H3. The fourth-order valence-corrected chi connectivity index (χ4v) is 2.97. The van der Waals surface area contributed by atoms with Gasteiger partial charge in [-0.1, -0.05) is 24.3 Å². The van der Waals surface area contributed by atoms with Crippen LogP contribution in [0.4, 0.5) is 16.4 Å². The Morgan fingerprint density at radius 3 is 2.79 bits per heavy atom. The minimum absolute atomic E-state index is 0.795. The minimum atomic E-state index is 0.795. The molecule has 1 heterocycles. The Morgan fingerprint density at radius 2 is 1.95 bits per heavy atom. The van der Waals surface area contributed by atoms with Crippen LogP contribution in [0, 0.1) is 0 Å². The molecule has 3 aromatic rings. The summed E-state index contributed by atoms with van der Waals surface area (Å²) in [7, 11) is 1.66. The smallest absolute Gasteiger partial charge is 0.120 e. The van der Waals surface area contributed by atoms with Gasteiger partial charge in [0.2, 0.25) is 0 Å². The van der Waals surface area contributed by atoms with Crippen molar-refractivity contribution in [2.24, 2.45) is 0 Å². The highest BCUT2D eigenvalue weighted by Crippen LogP contribution is 2.39. The highest BCUT2D eigenvalue weighted by molar-refractivity contribution is 7.23. The van der Waals surface area contributed by atoms with Crippen molar-refractivity contribution in [1.82, 2.24) is 0 Å². The molecule has 0 spiro atoms. The van der Waals surface area contributed by atoms with Crippen LogP contribution in [0.2, 0.25) is 0 Å². The topological polar surface area (TPSA) is 47.3 Å². The van der Waals surface area contributed by atoms with Gasteiger partial charge in [0, 0.05) is 21.8 Å². The fraction of sp³-hybridized carbons (Fsp3) is 0.0667. The van der Waals surface area contributed by atoms with E-state index in [1.807, 2.05) is 36.4 Å². The summed E-state index contributed by atoms with van der Waals surface area (Å²) in [4.78, 5) is 0. The zero-order chi connectivity index (χ0) is 13.2.